The van der Waals surface area contributed by atoms with Crippen LogP contribution in [0.3, 0.4) is 0 Å². The molecule has 0 unspecified atom stereocenters. The minimum Gasteiger partial charge on any atom is -0.305 e. The summed E-state index contributed by atoms with van der Waals surface area (Å²) in [6.45, 7) is 4.28. The second kappa shape index (κ2) is 6.04. The van der Waals surface area contributed by atoms with Gasteiger partial charge < -0.3 is 4.57 Å². The molecule has 2 heterocycles. The summed E-state index contributed by atoms with van der Waals surface area (Å²) in [6, 6.07) is 9.35. The summed E-state index contributed by atoms with van der Waals surface area (Å²) in [6.07, 6.45) is 6.62. The highest BCUT2D eigenvalue weighted by Crippen LogP contribution is 2.15. The van der Waals surface area contributed by atoms with Crippen molar-refractivity contribution in [1.82, 2.24) is 14.1 Å². The molecule has 0 aliphatic rings. The summed E-state index contributed by atoms with van der Waals surface area (Å²) in [4.78, 5) is 28.8. The Morgan fingerprint density at radius 3 is 2.43 bits per heavy atom. The Kier molecular flexibility index (Phi) is 3.93. The second-order valence-electron chi connectivity index (χ2n) is 5.48. The lowest BCUT2D eigenvalue weighted by Crippen LogP contribution is -2.40. The van der Waals surface area contributed by atoms with E-state index in [1.807, 2.05) is 44.2 Å². The minimum atomic E-state index is -0.546. The van der Waals surface area contributed by atoms with Crippen LogP contribution < -0.4 is 11.1 Å². The summed E-state index contributed by atoms with van der Waals surface area (Å²) >= 11 is 0. The van der Waals surface area contributed by atoms with E-state index < -0.39 is 11.1 Å². The van der Waals surface area contributed by atoms with E-state index in [-0.39, 0.29) is 0 Å². The number of aryl methyl sites for hydroxylation is 1. The van der Waals surface area contributed by atoms with Gasteiger partial charge in [-0.25, -0.2) is 0 Å². The number of pyridine rings is 1. The zero-order chi connectivity index (χ0) is 16.4. The van der Waals surface area contributed by atoms with Crippen molar-refractivity contribution in [3.8, 4) is 5.69 Å². The standard InChI is InChI=1S/C18H17N3O2/c1-13-4-3-5-16(14(13)2)21-11-10-20(17(22)18(21)23)12-15-6-8-19-9-7-15/h3-11H,12H2,1-2H3. The highest BCUT2D eigenvalue weighted by atomic mass is 16.2. The van der Waals surface area contributed by atoms with Gasteiger partial charge in [-0.1, -0.05) is 12.1 Å². The van der Waals surface area contributed by atoms with Crippen LogP contribution in [-0.2, 0) is 6.54 Å². The van der Waals surface area contributed by atoms with Crippen LogP contribution >= 0.6 is 0 Å². The first-order valence-electron chi connectivity index (χ1n) is 7.35. The molecule has 5 nitrogen and oxygen atoms in total. The Labute approximate surface area is 133 Å². The van der Waals surface area contributed by atoms with Gasteiger partial charge >= 0.3 is 11.1 Å². The molecule has 2 aromatic heterocycles. The molecule has 1 aromatic carbocycles. The Hall–Kier alpha value is -2.95. The number of aromatic nitrogens is 3. The van der Waals surface area contributed by atoms with Gasteiger partial charge in [0.05, 0.1) is 12.2 Å². The van der Waals surface area contributed by atoms with E-state index >= 15 is 0 Å². The van der Waals surface area contributed by atoms with Crippen LogP contribution in [0.5, 0.6) is 0 Å². The van der Waals surface area contributed by atoms with E-state index in [4.69, 9.17) is 0 Å². The van der Waals surface area contributed by atoms with Crippen LogP contribution in [0.4, 0.5) is 0 Å². The van der Waals surface area contributed by atoms with Crippen LogP contribution in [-0.4, -0.2) is 14.1 Å². The van der Waals surface area contributed by atoms with Gasteiger partial charge in [-0.2, -0.15) is 0 Å². The topological polar surface area (TPSA) is 56.9 Å². The van der Waals surface area contributed by atoms with Crippen molar-refractivity contribution in [2.75, 3.05) is 0 Å². The lowest BCUT2D eigenvalue weighted by atomic mass is 10.1. The summed E-state index contributed by atoms with van der Waals surface area (Å²) in [5, 5.41) is 0. The number of benzene rings is 1. The third-order valence-electron chi connectivity index (χ3n) is 4.00. The average Bonchev–Trinajstić information content (AvgIpc) is 2.56. The molecule has 0 fully saturated rings. The third-order valence-corrected chi connectivity index (χ3v) is 4.00. The van der Waals surface area contributed by atoms with Crippen molar-refractivity contribution in [1.29, 1.82) is 0 Å². The van der Waals surface area contributed by atoms with Gasteiger partial charge in [0.15, 0.2) is 0 Å². The van der Waals surface area contributed by atoms with Crippen LogP contribution in [0.2, 0.25) is 0 Å². The Morgan fingerprint density at radius 2 is 1.70 bits per heavy atom. The van der Waals surface area contributed by atoms with Gasteiger partial charge in [-0.15, -0.1) is 0 Å². The van der Waals surface area contributed by atoms with Crippen LogP contribution in [0.15, 0.2) is 64.7 Å². The van der Waals surface area contributed by atoms with Crippen LogP contribution in [0.25, 0.3) is 5.69 Å². The predicted octanol–water partition coefficient (Wildman–Crippen LogP) is 2.06. The zero-order valence-corrected chi connectivity index (χ0v) is 13.1. The first kappa shape index (κ1) is 15.0. The molecular weight excluding hydrogens is 290 g/mol. The maximum absolute atomic E-state index is 12.5. The predicted molar refractivity (Wildman–Crippen MR) is 89.1 cm³/mol. The average molecular weight is 307 g/mol. The fourth-order valence-corrected chi connectivity index (χ4v) is 2.50. The Bertz CT molecular complexity index is 956. The fourth-order valence-electron chi connectivity index (χ4n) is 2.50. The van der Waals surface area contributed by atoms with E-state index in [2.05, 4.69) is 4.98 Å². The summed E-state index contributed by atoms with van der Waals surface area (Å²) in [5.41, 5.74) is 2.64. The van der Waals surface area contributed by atoms with Crippen LogP contribution in [0, 0.1) is 13.8 Å². The smallest absolute Gasteiger partial charge is 0.305 e. The molecule has 0 amide bonds. The zero-order valence-electron chi connectivity index (χ0n) is 13.1. The molecule has 0 atom stereocenters. The Morgan fingerprint density at radius 1 is 0.957 bits per heavy atom. The molecule has 0 N–H and O–H groups in total. The maximum Gasteiger partial charge on any atom is 0.320 e. The lowest BCUT2D eigenvalue weighted by Gasteiger charge is -2.12. The monoisotopic (exact) mass is 307 g/mol. The van der Waals surface area contributed by atoms with Crippen LogP contribution in [0.1, 0.15) is 16.7 Å². The molecule has 5 heteroatoms. The molecule has 0 aliphatic heterocycles. The van der Waals surface area contributed by atoms with Gasteiger partial charge in [-0.05, 0) is 48.7 Å². The minimum absolute atomic E-state index is 0.351. The second-order valence-corrected chi connectivity index (χ2v) is 5.48. The normalized spacial score (nSPS) is 10.7. The summed E-state index contributed by atoms with van der Waals surface area (Å²) < 4.78 is 2.83. The number of rotatable bonds is 3. The molecule has 0 saturated heterocycles. The maximum atomic E-state index is 12.5. The lowest BCUT2D eigenvalue weighted by molar-refractivity contribution is 0.716. The first-order valence-corrected chi connectivity index (χ1v) is 7.35. The molecule has 0 spiro atoms. The quantitative estimate of drug-likeness (QED) is 0.696. The van der Waals surface area contributed by atoms with Gasteiger partial charge in [0.2, 0.25) is 0 Å². The van der Waals surface area contributed by atoms with Crippen molar-refractivity contribution in [3.05, 3.63) is 92.5 Å². The molecule has 0 saturated carbocycles. The van der Waals surface area contributed by atoms with Gasteiger partial charge in [0.1, 0.15) is 0 Å². The van der Waals surface area contributed by atoms with Gasteiger partial charge in [0.25, 0.3) is 0 Å². The molecule has 23 heavy (non-hydrogen) atoms. The van der Waals surface area contributed by atoms with E-state index in [0.717, 1.165) is 22.4 Å². The number of hydrogen-bond acceptors (Lipinski definition) is 3. The molecule has 0 aliphatic carbocycles. The largest absolute Gasteiger partial charge is 0.320 e. The van der Waals surface area contributed by atoms with Crippen molar-refractivity contribution >= 4 is 0 Å². The third kappa shape index (κ3) is 2.85. The molecule has 3 aromatic rings. The molecule has 116 valence electrons. The van der Waals surface area contributed by atoms with Gasteiger partial charge in [-0.3, -0.25) is 19.1 Å². The van der Waals surface area contributed by atoms with Crippen molar-refractivity contribution in [3.63, 3.8) is 0 Å². The van der Waals surface area contributed by atoms with E-state index in [9.17, 15) is 9.59 Å². The molecule has 0 radical (unpaired) electrons. The first-order chi connectivity index (χ1) is 11.1. The number of nitrogens with zero attached hydrogens (tertiary/aromatic N) is 3. The Balaban J connectivity index is 2.07. The fraction of sp³-hybridized carbons (Fsp3) is 0.167. The van der Waals surface area contributed by atoms with Crippen molar-refractivity contribution in [2.24, 2.45) is 0 Å². The van der Waals surface area contributed by atoms with E-state index in [0.29, 0.717) is 6.54 Å². The van der Waals surface area contributed by atoms with E-state index in [1.165, 1.54) is 9.13 Å². The van der Waals surface area contributed by atoms with Gasteiger partial charge in [0, 0.05) is 24.8 Å². The van der Waals surface area contributed by atoms with Crippen molar-refractivity contribution < 1.29 is 0 Å². The molecule has 3 rings (SSSR count). The SMILES string of the molecule is Cc1cccc(-n2ccn(Cc3ccncc3)c(=O)c2=O)c1C. The highest BCUT2D eigenvalue weighted by Gasteiger charge is 2.09. The number of hydrogen-bond donors (Lipinski definition) is 0. The van der Waals surface area contributed by atoms with E-state index in [1.54, 1.807) is 24.8 Å². The van der Waals surface area contributed by atoms with Crippen molar-refractivity contribution in [2.45, 2.75) is 20.4 Å². The summed E-state index contributed by atoms with van der Waals surface area (Å²) in [5.74, 6) is 0. The molecule has 0 bridgehead atoms. The summed E-state index contributed by atoms with van der Waals surface area (Å²) in [7, 11) is 0. The molecular formula is C18H17N3O2. The highest BCUT2D eigenvalue weighted by molar-refractivity contribution is 5.44.